The summed E-state index contributed by atoms with van der Waals surface area (Å²) in [6, 6.07) is 5.38. The van der Waals surface area contributed by atoms with Crippen molar-refractivity contribution < 1.29 is 28.1 Å². The number of phosphoric ester groups is 1. The van der Waals surface area contributed by atoms with Gasteiger partial charge in [-0.15, -0.1) is 8.93 Å². The molecule has 1 amide bonds. The van der Waals surface area contributed by atoms with Crippen LogP contribution in [0.4, 0.5) is 0 Å². The molecule has 0 aliphatic heterocycles. The van der Waals surface area contributed by atoms with Crippen molar-refractivity contribution in [3.63, 3.8) is 0 Å². The van der Waals surface area contributed by atoms with Gasteiger partial charge in [-0.1, -0.05) is 20.4 Å². The average molecular weight is 393 g/mol. The molecule has 0 radical (unpaired) electrons. The summed E-state index contributed by atoms with van der Waals surface area (Å²) in [5.74, 6) is -0.157. The largest absolute Gasteiger partial charge is 0.471 e. The SMILES string of the molecule is COP(=O)(O)OCCCNC(=O)Cc1ccc(C(C)=O)c(PP)c1. The van der Waals surface area contributed by atoms with Gasteiger partial charge in [0.1, 0.15) is 0 Å². The van der Waals surface area contributed by atoms with E-state index in [0.29, 0.717) is 26.8 Å². The maximum Gasteiger partial charge on any atom is 0.471 e. The van der Waals surface area contributed by atoms with E-state index in [1.165, 1.54) is 6.92 Å². The maximum absolute atomic E-state index is 11.9. The number of amides is 1. The highest BCUT2D eigenvalue weighted by Gasteiger charge is 2.17. The van der Waals surface area contributed by atoms with E-state index in [0.717, 1.165) is 18.0 Å². The fourth-order valence-electron chi connectivity index (χ4n) is 1.91. The number of hydrogen-bond donors (Lipinski definition) is 2. The van der Waals surface area contributed by atoms with Crippen LogP contribution < -0.4 is 10.6 Å². The molecule has 3 atom stereocenters. The summed E-state index contributed by atoms with van der Waals surface area (Å²) < 4.78 is 20.0. The molecule has 0 aliphatic carbocycles. The molecule has 24 heavy (non-hydrogen) atoms. The number of carbonyl (C=O) groups excluding carboxylic acids is 2. The molecule has 0 saturated carbocycles. The van der Waals surface area contributed by atoms with Crippen molar-refractivity contribution in [1.82, 2.24) is 5.32 Å². The number of ketones is 1. The van der Waals surface area contributed by atoms with Crippen molar-refractivity contribution in [1.29, 1.82) is 0 Å². The molecular formula is C14H22NO6P3. The van der Waals surface area contributed by atoms with Gasteiger partial charge < -0.3 is 10.2 Å². The Balaban J connectivity index is 2.43. The summed E-state index contributed by atoms with van der Waals surface area (Å²) in [5.41, 5.74) is 1.51. The van der Waals surface area contributed by atoms with E-state index in [2.05, 4.69) is 23.3 Å². The van der Waals surface area contributed by atoms with Crippen molar-refractivity contribution in [2.45, 2.75) is 19.8 Å². The van der Waals surface area contributed by atoms with Crippen LogP contribution in [0.2, 0.25) is 0 Å². The zero-order chi connectivity index (χ0) is 18.2. The van der Waals surface area contributed by atoms with Gasteiger partial charge in [0.25, 0.3) is 0 Å². The third-order valence-corrected chi connectivity index (χ3v) is 5.74. The lowest BCUT2D eigenvalue weighted by molar-refractivity contribution is -0.120. The Kier molecular flexibility index (Phi) is 9.22. The number of rotatable bonds is 10. The van der Waals surface area contributed by atoms with Gasteiger partial charge in [0, 0.05) is 19.2 Å². The third kappa shape index (κ3) is 7.48. The monoisotopic (exact) mass is 393 g/mol. The fraction of sp³-hybridized carbons (Fsp3) is 0.429. The number of hydrogen-bond acceptors (Lipinski definition) is 5. The number of benzene rings is 1. The summed E-state index contributed by atoms with van der Waals surface area (Å²) in [4.78, 5) is 32.4. The minimum atomic E-state index is -3.96. The van der Waals surface area contributed by atoms with E-state index in [9.17, 15) is 14.2 Å². The van der Waals surface area contributed by atoms with E-state index in [1.807, 2.05) is 6.07 Å². The average Bonchev–Trinajstić information content (AvgIpc) is 2.54. The summed E-state index contributed by atoms with van der Waals surface area (Å²) in [6.07, 6.45) is 0.596. The van der Waals surface area contributed by atoms with Gasteiger partial charge >= 0.3 is 7.82 Å². The Morgan fingerprint density at radius 1 is 1.42 bits per heavy atom. The first-order chi connectivity index (χ1) is 11.3. The van der Waals surface area contributed by atoms with Gasteiger partial charge in [-0.25, -0.2) is 4.57 Å². The second-order valence-corrected chi connectivity index (χ2v) is 8.20. The molecule has 0 heterocycles. The minimum Gasteiger partial charge on any atom is -0.356 e. The van der Waals surface area contributed by atoms with Crippen LogP contribution in [0.3, 0.4) is 0 Å². The first kappa shape index (κ1) is 21.4. The van der Waals surface area contributed by atoms with Gasteiger partial charge in [-0.05, 0) is 30.3 Å². The summed E-state index contributed by atoms with van der Waals surface area (Å²) >= 11 is 0. The molecule has 10 heteroatoms. The quantitative estimate of drug-likeness (QED) is 0.357. The van der Waals surface area contributed by atoms with Crippen molar-refractivity contribution in [3.05, 3.63) is 29.3 Å². The highest BCUT2D eigenvalue weighted by molar-refractivity contribution is 8.06. The number of carbonyl (C=O) groups is 2. The Hall–Kier alpha value is -0.670. The molecular weight excluding hydrogens is 371 g/mol. The molecule has 0 aliphatic rings. The molecule has 3 unspecified atom stereocenters. The van der Waals surface area contributed by atoms with Crippen LogP contribution in [-0.4, -0.2) is 36.8 Å². The number of phosphoric acid groups is 1. The topological polar surface area (TPSA) is 102 Å². The Bertz CT molecular complexity index is 637. The predicted octanol–water partition coefficient (Wildman–Crippen LogP) is 1.80. The lowest BCUT2D eigenvalue weighted by Gasteiger charge is -2.10. The highest BCUT2D eigenvalue weighted by Crippen LogP contribution is 2.41. The number of nitrogens with one attached hydrogen (secondary N) is 1. The van der Waals surface area contributed by atoms with Crippen LogP contribution in [0.1, 0.15) is 29.3 Å². The summed E-state index contributed by atoms with van der Waals surface area (Å²) in [7, 11) is 0.129. The molecule has 0 spiro atoms. The van der Waals surface area contributed by atoms with Crippen LogP contribution in [-0.2, 0) is 24.8 Å². The second-order valence-electron chi connectivity index (χ2n) is 4.95. The maximum atomic E-state index is 11.9. The van der Waals surface area contributed by atoms with E-state index < -0.39 is 7.82 Å². The number of Topliss-reactive ketones (excluding diaryl/α,β-unsaturated/α-hetero) is 1. The lowest BCUT2D eigenvalue weighted by atomic mass is 10.1. The van der Waals surface area contributed by atoms with Crippen molar-refractivity contribution in [3.8, 4) is 0 Å². The normalized spacial score (nSPS) is 13.8. The highest BCUT2D eigenvalue weighted by atomic mass is 32.0. The third-order valence-electron chi connectivity index (χ3n) is 3.11. The van der Waals surface area contributed by atoms with Gasteiger partial charge in [0.2, 0.25) is 5.91 Å². The minimum absolute atomic E-state index is 0.00747. The first-order valence-corrected chi connectivity index (χ1v) is 11.5. The molecule has 134 valence electrons. The fourth-order valence-corrected chi connectivity index (χ4v) is 3.77. The van der Waals surface area contributed by atoms with E-state index in [-0.39, 0.29) is 24.7 Å². The van der Waals surface area contributed by atoms with Crippen molar-refractivity contribution in [2.24, 2.45) is 0 Å². The smallest absolute Gasteiger partial charge is 0.356 e. The van der Waals surface area contributed by atoms with E-state index in [4.69, 9.17) is 4.89 Å². The van der Waals surface area contributed by atoms with Gasteiger partial charge in [0.15, 0.2) is 5.78 Å². The molecule has 2 N–H and O–H groups in total. The van der Waals surface area contributed by atoms with Crippen LogP contribution in [0, 0.1) is 0 Å². The van der Waals surface area contributed by atoms with E-state index in [1.54, 1.807) is 12.1 Å². The van der Waals surface area contributed by atoms with Crippen LogP contribution in [0.25, 0.3) is 0 Å². The predicted molar refractivity (Wildman–Crippen MR) is 98.2 cm³/mol. The molecule has 1 aromatic carbocycles. The molecule has 7 nitrogen and oxygen atoms in total. The molecule has 1 rings (SSSR count). The van der Waals surface area contributed by atoms with Crippen LogP contribution >= 0.6 is 25.0 Å². The molecule has 1 aromatic rings. The molecule has 0 saturated heterocycles. The Labute approximate surface area is 145 Å². The van der Waals surface area contributed by atoms with Crippen LogP contribution in [0.15, 0.2) is 18.2 Å². The molecule has 0 fully saturated rings. The Morgan fingerprint density at radius 3 is 2.71 bits per heavy atom. The second kappa shape index (κ2) is 10.4. The molecule has 0 aromatic heterocycles. The van der Waals surface area contributed by atoms with Crippen molar-refractivity contribution >= 4 is 42.0 Å². The summed E-state index contributed by atoms with van der Waals surface area (Å²) in [5, 5.41) is 3.63. The lowest BCUT2D eigenvalue weighted by Crippen LogP contribution is -2.27. The first-order valence-electron chi connectivity index (χ1n) is 7.19. The zero-order valence-electron chi connectivity index (χ0n) is 13.6. The van der Waals surface area contributed by atoms with E-state index >= 15 is 0 Å². The summed E-state index contributed by atoms with van der Waals surface area (Å²) in [6.45, 7) is 1.85. The van der Waals surface area contributed by atoms with Gasteiger partial charge in [-0.2, -0.15) is 0 Å². The van der Waals surface area contributed by atoms with Gasteiger partial charge in [0.05, 0.1) is 13.0 Å². The van der Waals surface area contributed by atoms with Crippen LogP contribution in [0.5, 0.6) is 0 Å². The van der Waals surface area contributed by atoms with Crippen molar-refractivity contribution in [2.75, 3.05) is 20.3 Å². The molecule has 0 bridgehead atoms. The standard InChI is InChI=1S/C14H22NO6P3/c1-10(16)12-5-4-11(8-13(12)23-22)9-14(17)15-6-3-7-21-24(18,19)20-2/h4-5,8,23H,3,6-7,9,22H2,1-2H3,(H,15,17)(H,18,19). The Morgan fingerprint density at radius 2 is 2.12 bits per heavy atom. The zero-order valence-corrected chi connectivity index (χ0v) is 16.6. The van der Waals surface area contributed by atoms with Gasteiger partial charge in [-0.3, -0.25) is 18.6 Å².